The van der Waals surface area contributed by atoms with Crippen molar-refractivity contribution in [2.45, 2.75) is 5.75 Å². The molecule has 1 heterocycles. The molecule has 2 aromatic rings. The van der Waals surface area contributed by atoms with E-state index in [1.165, 1.54) is 13.2 Å². The fraction of sp³-hybridized carbons (Fsp3) is 0.250. The molecule has 0 fully saturated rings. The average Bonchev–Trinajstić information content (AvgIpc) is 2.54. The molecule has 122 valence electrons. The van der Waals surface area contributed by atoms with Crippen LogP contribution in [0.5, 0.6) is 5.75 Å². The lowest BCUT2D eigenvalue weighted by Crippen LogP contribution is -2.17. The highest BCUT2D eigenvalue weighted by molar-refractivity contribution is 7.90. The van der Waals surface area contributed by atoms with E-state index in [4.69, 9.17) is 4.74 Å². The lowest BCUT2D eigenvalue weighted by Gasteiger charge is -2.07. The molecule has 0 saturated heterocycles. The molecule has 0 spiro atoms. The van der Waals surface area contributed by atoms with E-state index < -0.39 is 15.8 Å². The first-order chi connectivity index (χ1) is 11.0. The van der Waals surface area contributed by atoms with Gasteiger partial charge in [-0.2, -0.15) is 0 Å². The fourth-order valence-corrected chi connectivity index (χ4v) is 2.97. The van der Waals surface area contributed by atoms with E-state index in [2.05, 4.69) is 9.72 Å². The van der Waals surface area contributed by atoms with Gasteiger partial charge in [-0.1, -0.05) is 24.3 Å². The summed E-state index contributed by atoms with van der Waals surface area (Å²) in [7, 11) is -2.15. The number of hydrogen-bond acceptors (Lipinski definition) is 6. The molecule has 0 bridgehead atoms. The highest BCUT2D eigenvalue weighted by atomic mass is 32.2. The number of benzene rings is 1. The molecular weight excluding hydrogens is 318 g/mol. The third kappa shape index (κ3) is 5.37. The third-order valence-electron chi connectivity index (χ3n) is 2.98. The number of rotatable bonds is 7. The van der Waals surface area contributed by atoms with Crippen molar-refractivity contribution in [2.24, 2.45) is 0 Å². The van der Waals surface area contributed by atoms with Crippen LogP contribution in [0.2, 0.25) is 0 Å². The first-order valence-electron chi connectivity index (χ1n) is 6.93. The molecular formula is C16H17NO5S. The number of esters is 1. The maximum Gasteiger partial charge on any atom is 0.356 e. The molecule has 1 aromatic carbocycles. The van der Waals surface area contributed by atoms with Crippen LogP contribution in [0.3, 0.4) is 0 Å². The number of para-hydroxylation sites is 1. The lowest BCUT2D eigenvalue weighted by atomic mass is 10.3. The van der Waals surface area contributed by atoms with E-state index in [0.717, 1.165) is 0 Å². The van der Waals surface area contributed by atoms with Crippen molar-refractivity contribution < 1.29 is 22.7 Å². The first kappa shape index (κ1) is 17.0. The van der Waals surface area contributed by atoms with E-state index in [-0.39, 0.29) is 23.8 Å². The van der Waals surface area contributed by atoms with Gasteiger partial charge in [0.25, 0.3) is 0 Å². The van der Waals surface area contributed by atoms with E-state index in [1.807, 2.05) is 18.2 Å². The van der Waals surface area contributed by atoms with Gasteiger partial charge in [-0.05, 0) is 24.3 Å². The largest absolute Gasteiger partial charge is 0.493 e. The maximum absolute atomic E-state index is 12.1. The highest BCUT2D eigenvalue weighted by Crippen LogP contribution is 2.10. The number of nitrogens with zero attached hydrogens (tertiary/aromatic N) is 1. The standard InChI is InChI=1S/C16H17NO5S/c1-21-16(18)15-9-5-6-13(17-15)12-23(19,20)11-10-22-14-7-3-2-4-8-14/h2-9H,10-12H2,1H3. The number of carbonyl (C=O) groups is 1. The van der Waals surface area contributed by atoms with Gasteiger partial charge in [-0.3, -0.25) is 0 Å². The van der Waals surface area contributed by atoms with Gasteiger partial charge in [-0.25, -0.2) is 18.2 Å². The van der Waals surface area contributed by atoms with Crippen LogP contribution in [-0.4, -0.2) is 38.8 Å². The second-order valence-corrected chi connectivity index (χ2v) is 6.94. The number of sulfone groups is 1. The molecule has 6 nitrogen and oxygen atoms in total. The first-order valence-corrected chi connectivity index (χ1v) is 8.75. The lowest BCUT2D eigenvalue weighted by molar-refractivity contribution is 0.0593. The van der Waals surface area contributed by atoms with Crippen LogP contribution in [0.4, 0.5) is 0 Å². The van der Waals surface area contributed by atoms with Crippen LogP contribution >= 0.6 is 0 Å². The predicted octanol–water partition coefficient (Wildman–Crippen LogP) is 1.86. The van der Waals surface area contributed by atoms with Gasteiger partial charge in [0.05, 0.1) is 24.3 Å². The van der Waals surface area contributed by atoms with Gasteiger partial charge < -0.3 is 9.47 Å². The molecule has 0 aliphatic rings. The van der Waals surface area contributed by atoms with Crippen LogP contribution in [0.25, 0.3) is 0 Å². The second-order valence-electron chi connectivity index (χ2n) is 4.76. The van der Waals surface area contributed by atoms with Gasteiger partial charge in [-0.15, -0.1) is 0 Å². The third-order valence-corrected chi connectivity index (χ3v) is 4.50. The Labute approximate surface area is 135 Å². The zero-order valence-electron chi connectivity index (χ0n) is 12.6. The minimum Gasteiger partial charge on any atom is -0.493 e. The van der Waals surface area contributed by atoms with Gasteiger partial charge in [0.2, 0.25) is 0 Å². The number of hydrogen-bond donors (Lipinski definition) is 0. The summed E-state index contributed by atoms with van der Waals surface area (Å²) in [5, 5.41) is 0. The summed E-state index contributed by atoms with van der Waals surface area (Å²) in [6.45, 7) is 0.0586. The van der Waals surface area contributed by atoms with Crippen LogP contribution in [0.1, 0.15) is 16.2 Å². The van der Waals surface area contributed by atoms with Crippen molar-refractivity contribution in [3.8, 4) is 5.75 Å². The summed E-state index contributed by atoms with van der Waals surface area (Å²) in [4.78, 5) is 15.4. The SMILES string of the molecule is COC(=O)c1cccc(CS(=O)(=O)CCOc2ccccc2)n1. The zero-order valence-corrected chi connectivity index (χ0v) is 13.5. The Morgan fingerprint density at radius 2 is 1.83 bits per heavy atom. The van der Waals surface area contributed by atoms with Crippen LogP contribution in [0.15, 0.2) is 48.5 Å². The van der Waals surface area contributed by atoms with E-state index in [1.54, 1.807) is 24.3 Å². The maximum atomic E-state index is 12.1. The number of methoxy groups -OCH3 is 1. The van der Waals surface area contributed by atoms with Crippen molar-refractivity contribution >= 4 is 15.8 Å². The summed E-state index contributed by atoms with van der Waals surface area (Å²) in [6.07, 6.45) is 0. The van der Waals surface area contributed by atoms with E-state index >= 15 is 0 Å². The summed E-state index contributed by atoms with van der Waals surface area (Å²) in [5.74, 6) is -0.368. The molecule has 0 atom stereocenters. The number of aromatic nitrogens is 1. The molecule has 0 aliphatic carbocycles. The molecule has 1 aromatic heterocycles. The van der Waals surface area contributed by atoms with Crippen molar-refractivity contribution in [2.75, 3.05) is 19.5 Å². The van der Waals surface area contributed by atoms with Crippen molar-refractivity contribution in [3.05, 3.63) is 59.9 Å². The van der Waals surface area contributed by atoms with Gasteiger partial charge in [0.15, 0.2) is 9.84 Å². The summed E-state index contributed by atoms with van der Waals surface area (Å²) in [5.41, 5.74) is 0.383. The van der Waals surface area contributed by atoms with E-state index in [9.17, 15) is 13.2 Å². The second kappa shape index (κ2) is 7.73. The van der Waals surface area contributed by atoms with Crippen LogP contribution in [-0.2, 0) is 20.3 Å². The summed E-state index contributed by atoms with van der Waals surface area (Å²) >= 11 is 0. The number of ether oxygens (including phenoxy) is 2. The van der Waals surface area contributed by atoms with Crippen molar-refractivity contribution in [1.29, 1.82) is 0 Å². The molecule has 23 heavy (non-hydrogen) atoms. The smallest absolute Gasteiger partial charge is 0.356 e. The topological polar surface area (TPSA) is 82.6 Å². The molecule has 0 amide bonds. The Hall–Kier alpha value is -2.41. The van der Waals surface area contributed by atoms with Crippen molar-refractivity contribution in [3.63, 3.8) is 0 Å². The average molecular weight is 335 g/mol. The summed E-state index contributed by atoms with van der Waals surface area (Å²) in [6, 6.07) is 13.6. The molecule has 0 radical (unpaired) electrons. The fourth-order valence-electron chi connectivity index (χ4n) is 1.88. The Morgan fingerprint density at radius 1 is 1.09 bits per heavy atom. The van der Waals surface area contributed by atoms with Gasteiger partial charge >= 0.3 is 5.97 Å². The van der Waals surface area contributed by atoms with E-state index in [0.29, 0.717) is 11.4 Å². The number of carbonyl (C=O) groups excluding carboxylic acids is 1. The predicted molar refractivity (Wildman–Crippen MR) is 85.0 cm³/mol. The molecule has 0 aliphatic heterocycles. The molecule has 0 N–H and O–H groups in total. The van der Waals surface area contributed by atoms with Gasteiger partial charge in [0, 0.05) is 0 Å². The van der Waals surface area contributed by atoms with Crippen molar-refractivity contribution in [1.82, 2.24) is 4.98 Å². The Bertz CT molecular complexity index is 759. The molecule has 0 saturated carbocycles. The number of pyridine rings is 1. The zero-order chi connectivity index (χ0) is 16.7. The molecule has 2 rings (SSSR count). The minimum absolute atomic E-state index is 0.0586. The Balaban J connectivity index is 1.94. The molecule has 0 unspecified atom stereocenters. The monoisotopic (exact) mass is 335 g/mol. The minimum atomic E-state index is -3.39. The summed E-state index contributed by atoms with van der Waals surface area (Å²) < 4.78 is 34.2. The van der Waals surface area contributed by atoms with Gasteiger partial charge in [0.1, 0.15) is 18.1 Å². The normalized spacial score (nSPS) is 11.0. The highest BCUT2D eigenvalue weighted by Gasteiger charge is 2.15. The Kier molecular flexibility index (Phi) is 5.70. The quantitative estimate of drug-likeness (QED) is 0.718. The van der Waals surface area contributed by atoms with Crippen LogP contribution in [0, 0.1) is 0 Å². The van der Waals surface area contributed by atoms with Crippen LogP contribution < -0.4 is 4.74 Å². The Morgan fingerprint density at radius 3 is 2.52 bits per heavy atom. The molecule has 7 heteroatoms.